The van der Waals surface area contributed by atoms with Gasteiger partial charge in [-0.25, -0.2) is 0 Å². The van der Waals surface area contributed by atoms with Crippen molar-refractivity contribution in [2.45, 2.75) is 19.8 Å². The second-order valence-electron chi connectivity index (χ2n) is 4.61. The molecule has 122 valence electrons. The molecule has 0 aliphatic carbocycles. The van der Waals surface area contributed by atoms with Gasteiger partial charge in [0.15, 0.2) is 5.96 Å². The van der Waals surface area contributed by atoms with Crippen LogP contribution in [0.3, 0.4) is 0 Å². The molecule has 1 rings (SSSR count). The molecule has 1 aliphatic rings. The van der Waals surface area contributed by atoms with Crippen LogP contribution in [0.2, 0.25) is 0 Å². The SMILES string of the molecule is CCOC(=O)[C@H]1CCCN(C(=NC)NCC(=O)NC)C1.I. The number of amides is 1. The molecule has 0 spiro atoms. The third-order valence-electron chi connectivity index (χ3n) is 3.24. The second kappa shape index (κ2) is 10.6. The molecule has 1 heterocycles. The van der Waals surface area contributed by atoms with E-state index in [2.05, 4.69) is 15.6 Å². The molecule has 8 heteroatoms. The maximum Gasteiger partial charge on any atom is 0.310 e. The molecule has 0 aromatic rings. The zero-order chi connectivity index (χ0) is 15.0. The van der Waals surface area contributed by atoms with Crippen LogP contribution in [-0.4, -0.2) is 63.1 Å². The lowest BCUT2D eigenvalue weighted by Gasteiger charge is -2.33. The first kappa shape index (κ1) is 19.9. The standard InChI is InChI=1S/C13H24N4O3.HI/c1-4-20-12(19)10-6-5-7-17(9-10)13(15-3)16-8-11(18)14-2;/h10H,4-9H2,1-3H3,(H,14,18)(H,15,16);1H/t10-;/m0./s1. The molecule has 0 unspecified atom stereocenters. The van der Waals surface area contributed by atoms with Crippen molar-refractivity contribution in [1.82, 2.24) is 15.5 Å². The summed E-state index contributed by atoms with van der Waals surface area (Å²) >= 11 is 0. The van der Waals surface area contributed by atoms with Crippen molar-refractivity contribution < 1.29 is 14.3 Å². The summed E-state index contributed by atoms with van der Waals surface area (Å²) < 4.78 is 5.07. The fraction of sp³-hybridized carbons (Fsp3) is 0.769. The van der Waals surface area contributed by atoms with Gasteiger partial charge < -0.3 is 20.3 Å². The highest BCUT2D eigenvalue weighted by atomic mass is 127. The van der Waals surface area contributed by atoms with E-state index in [1.165, 1.54) is 0 Å². The van der Waals surface area contributed by atoms with Crippen molar-refractivity contribution in [1.29, 1.82) is 0 Å². The Bertz CT molecular complexity index is 376. The summed E-state index contributed by atoms with van der Waals surface area (Å²) in [6.07, 6.45) is 1.74. The molecule has 1 atom stereocenters. The van der Waals surface area contributed by atoms with E-state index in [1.54, 1.807) is 14.1 Å². The van der Waals surface area contributed by atoms with Crippen LogP contribution in [0.15, 0.2) is 4.99 Å². The Hall–Kier alpha value is -1.06. The lowest BCUT2D eigenvalue weighted by atomic mass is 9.98. The Morgan fingerprint density at radius 3 is 2.71 bits per heavy atom. The Kier molecular flexibility index (Phi) is 10.1. The number of likely N-dealkylation sites (tertiary alicyclic amines) is 1. The van der Waals surface area contributed by atoms with Crippen molar-refractivity contribution in [3.8, 4) is 0 Å². The zero-order valence-corrected chi connectivity index (χ0v) is 15.2. The molecular formula is C13H25IN4O3. The Morgan fingerprint density at radius 2 is 2.14 bits per heavy atom. The average molecular weight is 412 g/mol. The van der Waals surface area contributed by atoms with E-state index >= 15 is 0 Å². The Morgan fingerprint density at radius 1 is 1.43 bits per heavy atom. The largest absolute Gasteiger partial charge is 0.466 e. The smallest absolute Gasteiger partial charge is 0.310 e. The number of ether oxygens (including phenoxy) is 1. The summed E-state index contributed by atoms with van der Waals surface area (Å²) in [4.78, 5) is 29.2. The first-order valence-corrected chi connectivity index (χ1v) is 6.95. The van der Waals surface area contributed by atoms with E-state index in [0.717, 1.165) is 19.4 Å². The van der Waals surface area contributed by atoms with Crippen molar-refractivity contribution in [3.05, 3.63) is 0 Å². The monoisotopic (exact) mass is 412 g/mol. The third kappa shape index (κ3) is 6.49. The number of piperidine rings is 1. The van der Waals surface area contributed by atoms with Crippen LogP contribution in [0.4, 0.5) is 0 Å². The maximum absolute atomic E-state index is 11.8. The predicted octanol–water partition coefficient (Wildman–Crippen LogP) is 0.201. The number of halogens is 1. The molecule has 1 saturated heterocycles. The Labute approximate surface area is 142 Å². The van der Waals surface area contributed by atoms with E-state index < -0.39 is 0 Å². The zero-order valence-electron chi connectivity index (χ0n) is 12.8. The van der Waals surface area contributed by atoms with E-state index in [-0.39, 0.29) is 48.3 Å². The van der Waals surface area contributed by atoms with E-state index in [9.17, 15) is 9.59 Å². The van der Waals surface area contributed by atoms with Gasteiger partial charge in [0.05, 0.1) is 19.1 Å². The van der Waals surface area contributed by atoms with Crippen LogP contribution in [0, 0.1) is 5.92 Å². The summed E-state index contributed by atoms with van der Waals surface area (Å²) in [5.74, 6) is 0.258. The molecule has 1 amide bonds. The quantitative estimate of drug-likeness (QED) is 0.299. The van der Waals surface area contributed by atoms with Gasteiger partial charge in [-0.05, 0) is 19.8 Å². The van der Waals surface area contributed by atoms with Crippen molar-refractivity contribution in [2.75, 3.05) is 40.3 Å². The highest BCUT2D eigenvalue weighted by molar-refractivity contribution is 14.0. The fourth-order valence-electron chi connectivity index (χ4n) is 2.20. The van der Waals surface area contributed by atoms with Crippen molar-refractivity contribution in [3.63, 3.8) is 0 Å². The normalized spacial score (nSPS) is 18.5. The number of carbonyl (C=O) groups excluding carboxylic acids is 2. The topological polar surface area (TPSA) is 83.0 Å². The maximum atomic E-state index is 11.8. The molecule has 2 N–H and O–H groups in total. The third-order valence-corrected chi connectivity index (χ3v) is 3.24. The number of nitrogens with zero attached hydrogens (tertiary/aromatic N) is 2. The molecule has 0 aromatic heterocycles. The molecule has 0 radical (unpaired) electrons. The van der Waals surface area contributed by atoms with Gasteiger partial charge in [-0.1, -0.05) is 0 Å². The minimum absolute atomic E-state index is 0. The predicted molar refractivity (Wildman–Crippen MR) is 91.8 cm³/mol. The van der Waals surface area contributed by atoms with Gasteiger partial charge >= 0.3 is 5.97 Å². The van der Waals surface area contributed by atoms with E-state index in [1.807, 2.05) is 11.8 Å². The minimum Gasteiger partial charge on any atom is -0.466 e. The molecule has 0 aromatic carbocycles. The Balaban J connectivity index is 0.00000400. The van der Waals surface area contributed by atoms with Gasteiger partial charge in [0, 0.05) is 27.2 Å². The van der Waals surface area contributed by atoms with Gasteiger partial charge in [0.1, 0.15) is 0 Å². The van der Waals surface area contributed by atoms with Gasteiger partial charge in [0.2, 0.25) is 5.91 Å². The highest BCUT2D eigenvalue weighted by Crippen LogP contribution is 2.17. The molecule has 7 nitrogen and oxygen atoms in total. The van der Waals surface area contributed by atoms with Gasteiger partial charge in [-0.3, -0.25) is 14.6 Å². The van der Waals surface area contributed by atoms with Crippen molar-refractivity contribution in [2.24, 2.45) is 10.9 Å². The first-order valence-electron chi connectivity index (χ1n) is 6.95. The molecule has 0 bridgehead atoms. The minimum atomic E-state index is -0.154. The first-order chi connectivity index (χ1) is 9.62. The molecular weight excluding hydrogens is 387 g/mol. The number of hydrogen-bond acceptors (Lipinski definition) is 4. The van der Waals surface area contributed by atoms with Crippen LogP contribution >= 0.6 is 24.0 Å². The fourth-order valence-corrected chi connectivity index (χ4v) is 2.20. The lowest BCUT2D eigenvalue weighted by molar-refractivity contribution is -0.149. The summed E-state index contributed by atoms with van der Waals surface area (Å²) in [5, 5.41) is 5.54. The lowest BCUT2D eigenvalue weighted by Crippen LogP contribution is -2.50. The summed E-state index contributed by atoms with van der Waals surface area (Å²) in [6.45, 7) is 3.78. The van der Waals surface area contributed by atoms with Crippen LogP contribution in [-0.2, 0) is 14.3 Å². The number of esters is 1. The number of aliphatic imine (C=N–C) groups is 1. The molecule has 0 saturated carbocycles. The highest BCUT2D eigenvalue weighted by Gasteiger charge is 2.28. The van der Waals surface area contributed by atoms with Gasteiger partial charge in [-0.15, -0.1) is 24.0 Å². The summed E-state index contributed by atoms with van der Waals surface area (Å²) in [5.41, 5.74) is 0. The molecule has 1 fully saturated rings. The van der Waals surface area contributed by atoms with Crippen LogP contribution in [0.1, 0.15) is 19.8 Å². The van der Waals surface area contributed by atoms with Crippen LogP contribution in [0.25, 0.3) is 0 Å². The number of likely N-dealkylation sites (N-methyl/N-ethyl adjacent to an activating group) is 1. The van der Waals surface area contributed by atoms with E-state index in [4.69, 9.17) is 4.74 Å². The summed E-state index contributed by atoms with van der Waals surface area (Å²) in [6, 6.07) is 0. The van der Waals surface area contributed by atoms with Gasteiger partial charge in [-0.2, -0.15) is 0 Å². The molecule has 1 aliphatic heterocycles. The molecule has 21 heavy (non-hydrogen) atoms. The van der Waals surface area contributed by atoms with Gasteiger partial charge in [0.25, 0.3) is 0 Å². The van der Waals surface area contributed by atoms with Crippen LogP contribution in [0.5, 0.6) is 0 Å². The number of guanidine groups is 1. The average Bonchev–Trinajstić information content (AvgIpc) is 2.48. The number of rotatable bonds is 4. The van der Waals surface area contributed by atoms with Crippen molar-refractivity contribution >= 4 is 41.8 Å². The second-order valence-corrected chi connectivity index (χ2v) is 4.61. The summed E-state index contributed by atoms with van der Waals surface area (Å²) in [7, 11) is 3.25. The van der Waals surface area contributed by atoms with Crippen LogP contribution < -0.4 is 10.6 Å². The number of carbonyl (C=O) groups is 2. The van der Waals surface area contributed by atoms with E-state index in [0.29, 0.717) is 19.1 Å². The number of nitrogens with one attached hydrogen (secondary N) is 2. The number of hydrogen-bond donors (Lipinski definition) is 2.